The van der Waals surface area contributed by atoms with Gasteiger partial charge in [0, 0.05) is 50.0 Å². The topological polar surface area (TPSA) is 57.2 Å². The Morgan fingerprint density at radius 2 is 1.88 bits per heavy atom. The predicted molar refractivity (Wildman–Crippen MR) is 102 cm³/mol. The highest BCUT2D eigenvalue weighted by Gasteiger charge is 2.23. The van der Waals surface area contributed by atoms with E-state index in [0.717, 1.165) is 63.5 Å². The second kappa shape index (κ2) is 8.46. The molecule has 0 saturated carbocycles. The van der Waals surface area contributed by atoms with Crippen LogP contribution in [-0.4, -0.2) is 68.2 Å². The maximum Gasteiger partial charge on any atom is 0.231 e. The van der Waals surface area contributed by atoms with Crippen LogP contribution in [0.2, 0.25) is 0 Å². The van der Waals surface area contributed by atoms with Gasteiger partial charge in [-0.15, -0.1) is 0 Å². The van der Waals surface area contributed by atoms with Gasteiger partial charge in [0.2, 0.25) is 6.79 Å². The Morgan fingerprint density at radius 3 is 2.73 bits per heavy atom. The van der Waals surface area contributed by atoms with E-state index < -0.39 is 0 Å². The second-order valence-corrected chi connectivity index (χ2v) is 7.62. The third-order valence-corrected chi connectivity index (χ3v) is 6.01. The molecule has 2 N–H and O–H groups in total. The number of benzene rings is 1. The van der Waals surface area contributed by atoms with Gasteiger partial charge in [0.05, 0.1) is 6.61 Å². The third kappa shape index (κ3) is 4.08. The van der Waals surface area contributed by atoms with Crippen molar-refractivity contribution >= 4 is 5.69 Å². The van der Waals surface area contributed by atoms with Gasteiger partial charge in [0.25, 0.3) is 0 Å². The van der Waals surface area contributed by atoms with Crippen LogP contribution in [0.25, 0.3) is 0 Å². The van der Waals surface area contributed by atoms with E-state index >= 15 is 0 Å². The minimum Gasteiger partial charge on any atom is -0.454 e. The number of hydrogen-bond donors (Lipinski definition) is 2. The number of likely N-dealkylation sites (tertiary alicyclic amines) is 1. The van der Waals surface area contributed by atoms with Gasteiger partial charge in [-0.2, -0.15) is 0 Å². The Balaban J connectivity index is 1.20. The minimum atomic E-state index is 0.300. The monoisotopic (exact) mass is 361 g/mol. The second-order valence-electron chi connectivity index (χ2n) is 7.62. The number of fused-ring (bicyclic) bond motifs is 1. The van der Waals surface area contributed by atoms with Crippen molar-refractivity contribution in [1.82, 2.24) is 10.2 Å². The lowest BCUT2D eigenvalue weighted by molar-refractivity contribution is 0.0901. The molecule has 1 aromatic carbocycles. The summed E-state index contributed by atoms with van der Waals surface area (Å²) < 4.78 is 10.9. The SMILES string of the molecule is OC[C@H]1CCCCN1CCNC1CCN(c2ccc3c(c2)OCO3)CC1. The molecule has 2 saturated heterocycles. The average molecular weight is 361 g/mol. The number of nitrogens with one attached hydrogen (secondary N) is 1. The highest BCUT2D eigenvalue weighted by Crippen LogP contribution is 2.36. The molecule has 3 heterocycles. The smallest absolute Gasteiger partial charge is 0.231 e. The normalized spacial score (nSPS) is 24.2. The number of ether oxygens (including phenoxy) is 2. The predicted octanol–water partition coefficient (Wildman–Crippen LogP) is 1.82. The molecule has 2 fully saturated rings. The van der Waals surface area contributed by atoms with Crippen molar-refractivity contribution in [2.24, 2.45) is 0 Å². The molecule has 144 valence electrons. The van der Waals surface area contributed by atoms with E-state index in [9.17, 15) is 5.11 Å². The Bertz CT molecular complexity index is 590. The van der Waals surface area contributed by atoms with Gasteiger partial charge in [0.1, 0.15) is 0 Å². The summed E-state index contributed by atoms with van der Waals surface area (Å²) in [4.78, 5) is 4.89. The van der Waals surface area contributed by atoms with E-state index in [1.807, 2.05) is 6.07 Å². The van der Waals surface area contributed by atoms with Crippen molar-refractivity contribution in [1.29, 1.82) is 0 Å². The molecule has 0 aromatic heterocycles. The number of rotatable bonds is 6. The van der Waals surface area contributed by atoms with E-state index in [2.05, 4.69) is 27.2 Å². The Hall–Kier alpha value is -1.50. The summed E-state index contributed by atoms with van der Waals surface area (Å²) in [6.07, 6.45) is 6.00. The lowest BCUT2D eigenvalue weighted by Gasteiger charge is -2.36. The maximum atomic E-state index is 9.52. The van der Waals surface area contributed by atoms with Crippen LogP contribution in [0.3, 0.4) is 0 Å². The lowest BCUT2D eigenvalue weighted by atomic mass is 10.0. The van der Waals surface area contributed by atoms with Gasteiger partial charge in [-0.05, 0) is 44.4 Å². The highest BCUT2D eigenvalue weighted by molar-refractivity contribution is 5.57. The Kier molecular flexibility index (Phi) is 5.82. The number of nitrogens with zero attached hydrogens (tertiary/aromatic N) is 2. The largest absolute Gasteiger partial charge is 0.454 e. The van der Waals surface area contributed by atoms with E-state index in [4.69, 9.17) is 9.47 Å². The van der Waals surface area contributed by atoms with Crippen LogP contribution in [0, 0.1) is 0 Å². The van der Waals surface area contributed by atoms with Gasteiger partial charge in [0.15, 0.2) is 11.5 Å². The van der Waals surface area contributed by atoms with E-state index in [1.165, 1.54) is 18.5 Å². The minimum absolute atomic E-state index is 0.300. The number of aliphatic hydroxyl groups excluding tert-OH is 1. The summed E-state index contributed by atoms with van der Waals surface area (Å²) in [5, 5.41) is 13.3. The van der Waals surface area contributed by atoms with Crippen LogP contribution >= 0.6 is 0 Å². The summed E-state index contributed by atoms with van der Waals surface area (Å²) in [5.74, 6) is 1.71. The van der Waals surface area contributed by atoms with Gasteiger partial charge < -0.3 is 24.8 Å². The first-order chi connectivity index (χ1) is 12.8. The van der Waals surface area contributed by atoms with Crippen LogP contribution in [0.4, 0.5) is 5.69 Å². The van der Waals surface area contributed by atoms with Crippen LogP contribution in [-0.2, 0) is 0 Å². The van der Waals surface area contributed by atoms with E-state index in [1.54, 1.807) is 0 Å². The molecule has 6 nitrogen and oxygen atoms in total. The lowest BCUT2D eigenvalue weighted by Crippen LogP contribution is -2.48. The first-order valence-electron chi connectivity index (χ1n) is 10.1. The molecule has 3 aliphatic heterocycles. The molecule has 0 amide bonds. The fourth-order valence-electron chi connectivity index (χ4n) is 4.40. The summed E-state index contributed by atoms with van der Waals surface area (Å²) in [6.45, 7) is 5.97. The molecule has 0 aliphatic carbocycles. The third-order valence-electron chi connectivity index (χ3n) is 6.01. The average Bonchev–Trinajstić information content (AvgIpc) is 3.17. The molecule has 0 bridgehead atoms. The van der Waals surface area contributed by atoms with Gasteiger partial charge in [-0.25, -0.2) is 0 Å². The summed E-state index contributed by atoms with van der Waals surface area (Å²) in [7, 11) is 0. The molecule has 3 aliphatic rings. The molecular weight excluding hydrogens is 330 g/mol. The fourth-order valence-corrected chi connectivity index (χ4v) is 4.40. The molecular formula is C20H31N3O3. The zero-order chi connectivity index (χ0) is 17.8. The molecule has 26 heavy (non-hydrogen) atoms. The van der Waals surface area contributed by atoms with E-state index in [-0.39, 0.29) is 0 Å². The summed E-state index contributed by atoms with van der Waals surface area (Å²) >= 11 is 0. The highest BCUT2D eigenvalue weighted by atomic mass is 16.7. The van der Waals surface area contributed by atoms with E-state index in [0.29, 0.717) is 25.5 Å². The van der Waals surface area contributed by atoms with Crippen LogP contribution < -0.4 is 19.7 Å². The zero-order valence-corrected chi connectivity index (χ0v) is 15.5. The van der Waals surface area contributed by atoms with Crippen molar-refractivity contribution in [2.75, 3.05) is 51.0 Å². The molecule has 0 unspecified atom stereocenters. The number of anilines is 1. The molecule has 4 rings (SSSR count). The van der Waals surface area contributed by atoms with Crippen LogP contribution in [0.5, 0.6) is 11.5 Å². The number of aliphatic hydroxyl groups is 1. The van der Waals surface area contributed by atoms with Crippen LogP contribution in [0.15, 0.2) is 18.2 Å². The summed E-state index contributed by atoms with van der Waals surface area (Å²) in [5.41, 5.74) is 1.23. The number of piperidine rings is 2. The quantitative estimate of drug-likeness (QED) is 0.806. The van der Waals surface area contributed by atoms with Gasteiger partial charge >= 0.3 is 0 Å². The van der Waals surface area contributed by atoms with Gasteiger partial charge in [-0.3, -0.25) is 4.90 Å². The summed E-state index contributed by atoms with van der Waals surface area (Å²) in [6, 6.07) is 7.21. The molecule has 1 aromatic rings. The Labute approximate surface area is 156 Å². The van der Waals surface area contributed by atoms with Crippen molar-refractivity contribution in [3.05, 3.63) is 18.2 Å². The van der Waals surface area contributed by atoms with Crippen molar-refractivity contribution in [3.63, 3.8) is 0 Å². The zero-order valence-electron chi connectivity index (χ0n) is 15.5. The first kappa shape index (κ1) is 17.9. The standard InChI is InChI=1S/C20H31N3O3/c24-14-18-3-1-2-9-22(18)12-8-21-16-6-10-23(11-7-16)17-4-5-19-20(13-17)26-15-25-19/h4-5,13,16,18,21,24H,1-3,6-12,14-15H2/t18-/m1/s1. The van der Waals surface area contributed by atoms with Crippen molar-refractivity contribution < 1.29 is 14.6 Å². The fraction of sp³-hybridized carbons (Fsp3) is 0.700. The first-order valence-corrected chi connectivity index (χ1v) is 10.1. The molecule has 0 spiro atoms. The maximum absolute atomic E-state index is 9.52. The molecule has 6 heteroatoms. The van der Waals surface area contributed by atoms with Crippen molar-refractivity contribution in [2.45, 2.75) is 44.2 Å². The van der Waals surface area contributed by atoms with Crippen molar-refractivity contribution in [3.8, 4) is 11.5 Å². The number of hydrogen-bond acceptors (Lipinski definition) is 6. The van der Waals surface area contributed by atoms with Crippen LogP contribution in [0.1, 0.15) is 32.1 Å². The van der Waals surface area contributed by atoms with Gasteiger partial charge in [-0.1, -0.05) is 6.42 Å². The Morgan fingerprint density at radius 1 is 1.04 bits per heavy atom. The molecule has 0 radical (unpaired) electrons. The molecule has 1 atom stereocenters.